The van der Waals surface area contributed by atoms with Gasteiger partial charge in [0, 0.05) is 62.8 Å². The van der Waals surface area contributed by atoms with Crippen molar-refractivity contribution in [3.63, 3.8) is 0 Å². The Hall–Kier alpha value is -4.00. The third-order valence-corrected chi connectivity index (χ3v) is 8.45. The number of morpholine rings is 1. The summed E-state index contributed by atoms with van der Waals surface area (Å²) in [6, 6.07) is 8.34. The first-order chi connectivity index (χ1) is 20.7. The third-order valence-electron chi connectivity index (χ3n) is 8.16. The lowest BCUT2D eigenvalue weighted by Gasteiger charge is -2.26. The van der Waals surface area contributed by atoms with Crippen molar-refractivity contribution < 1.29 is 29.0 Å². The third kappa shape index (κ3) is 6.36. The maximum Gasteiger partial charge on any atom is 0.303 e. The Bertz CT molecular complexity index is 1560. The van der Waals surface area contributed by atoms with E-state index in [1.807, 2.05) is 18.3 Å². The van der Waals surface area contributed by atoms with Crippen molar-refractivity contribution in [3.05, 3.63) is 58.2 Å². The molecule has 3 aromatic rings. The number of fused-ring (bicyclic) bond motifs is 2. The van der Waals surface area contributed by atoms with Gasteiger partial charge in [0.1, 0.15) is 17.9 Å². The van der Waals surface area contributed by atoms with Crippen LogP contribution in [0.15, 0.2) is 36.5 Å². The van der Waals surface area contributed by atoms with Gasteiger partial charge in [0.05, 0.1) is 23.8 Å². The molecule has 2 atom stereocenters. The van der Waals surface area contributed by atoms with E-state index in [1.165, 1.54) is 4.90 Å². The maximum absolute atomic E-state index is 13.0. The number of hydrogen-bond acceptors (Lipinski definition) is 9. The molecule has 0 bridgehead atoms. The van der Waals surface area contributed by atoms with Crippen LogP contribution in [0.1, 0.15) is 40.7 Å². The first-order valence-corrected chi connectivity index (χ1v) is 14.7. The molecule has 1 unspecified atom stereocenters. The molecule has 0 spiro atoms. The highest BCUT2D eigenvalue weighted by molar-refractivity contribution is 6.35. The molecule has 3 aliphatic heterocycles. The summed E-state index contributed by atoms with van der Waals surface area (Å²) in [5, 5.41) is 10.5. The number of nitrogens with two attached hydrogens (primary N) is 1. The number of likely N-dealkylation sites (tertiary alicyclic amines) is 1. The van der Waals surface area contributed by atoms with Crippen molar-refractivity contribution in [1.29, 1.82) is 0 Å². The molecule has 13 heteroatoms. The van der Waals surface area contributed by atoms with Crippen molar-refractivity contribution in [3.8, 4) is 5.75 Å². The van der Waals surface area contributed by atoms with E-state index >= 15 is 0 Å². The van der Waals surface area contributed by atoms with Gasteiger partial charge in [0.25, 0.3) is 5.91 Å². The van der Waals surface area contributed by atoms with Gasteiger partial charge in [-0.25, -0.2) is 9.97 Å². The maximum atomic E-state index is 13.0. The molecule has 3 aliphatic rings. The quantitative estimate of drug-likeness (QED) is 0.351. The van der Waals surface area contributed by atoms with Gasteiger partial charge in [-0.3, -0.25) is 19.3 Å². The van der Waals surface area contributed by atoms with Crippen LogP contribution >= 0.6 is 11.6 Å². The molecule has 4 heterocycles. The topological polar surface area (TPSA) is 151 Å². The molecule has 0 radical (unpaired) electrons. The number of hydrogen-bond donors (Lipinski definition) is 2. The van der Waals surface area contributed by atoms with E-state index in [4.69, 9.17) is 36.9 Å². The number of amides is 2. The minimum atomic E-state index is -1.05. The fourth-order valence-electron chi connectivity index (χ4n) is 6.00. The Labute approximate surface area is 253 Å². The number of ether oxygens (including phenoxy) is 2. The average molecular weight is 609 g/mol. The summed E-state index contributed by atoms with van der Waals surface area (Å²) in [4.78, 5) is 51.0. The second kappa shape index (κ2) is 12.3. The van der Waals surface area contributed by atoms with Crippen LogP contribution in [0.4, 0.5) is 5.95 Å². The normalized spacial score (nSPS) is 19.6. The lowest BCUT2D eigenvalue weighted by atomic mass is 10.1. The predicted molar refractivity (Wildman–Crippen MR) is 158 cm³/mol. The van der Waals surface area contributed by atoms with Crippen molar-refractivity contribution in [2.75, 3.05) is 44.3 Å². The molecule has 0 saturated carbocycles. The zero-order valence-corrected chi connectivity index (χ0v) is 24.3. The van der Waals surface area contributed by atoms with Crippen molar-refractivity contribution in [2.45, 2.75) is 44.5 Å². The summed E-state index contributed by atoms with van der Waals surface area (Å²) in [5.41, 5.74) is 8.51. The Kier molecular flexibility index (Phi) is 8.33. The summed E-state index contributed by atoms with van der Waals surface area (Å²) >= 11 is 6.67. The number of anilines is 1. The summed E-state index contributed by atoms with van der Waals surface area (Å²) in [5.74, 6) is -0.794. The molecule has 2 aromatic carbocycles. The number of nitrogens with zero attached hydrogens (tertiary/aromatic N) is 5. The van der Waals surface area contributed by atoms with E-state index in [1.54, 1.807) is 12.1 Å². The number of rotatable bonds is 10. The molecule has 2 saturated heterocycles. The van der Waals surface area contributed by atoms with Crippen LogP contribution in [0.3, 0.4) is 0 Å². The number of carbonyl (C=O) groups excluding carboxylic acids is 2. The number of benzene rings is 2. The summed E-state index contributed by atoms with van der Waals surface area (Å²) in [7, 11) is 0. The fraction of sp³-hybridized carbons (Fsp3) is 0.433. The molecule has 226 valence electrons. The van der Waals surface area contributed by atoms with Crippen molar-refractivity contribution >= 4 is 46.2 Å². The van der Waals surface area contributed by atoms with Gasteiger partial charge in [-0.2, -0.15) is 0 Å². The Morgan fingerprint density at radius 3 is 2.77 bits per heavy atom. The first kappa shape index (κ1) is 29.1. The number of carboxylic acids is 1. The van der Waals surface area contributed by atoms with E-state index in [0.29, 0.717) is 42.0 Å². The molecule has 2 fully saturated rings. The Balaban J connectivity index is 1.07. The van der Waals surface area contributed by atoms with Crippen LogP contribution in [0.25, 0.3) is 10.9 Å². The van der Waals surface area contributed by atoms with Crippen molar-refractivity contribution in [1.82, 2.24) is 19.8 Å². The fourth-order valence-corrected chi connectivity index (χ4v) is 6.29. The second-order valence-corrected chi connectivity index (χ2v) is 11.6. The summed E-state index contributed by atoms with van der Waals surface area (Å²) in [6.07, 6.45) is 2.35. The number of halogens is 1. The first-order valence-electron chi connectivity index (χ1n) is 14.4. The van der Waals surface area contributed by atoms with Gasteiger partial charge in [0.15, 0.2) is 0 Å². The number of primary amides is 1. The smallest absolute Gasteiger partial charge is 0.303 e. The van der Waals surface area contributed by atoms with E-state index in [9.17, 15) is 14.4 Å². The molecule has 12 nitrogen and oxygen atoms in total. The zero-order valence-electron chi connectivity index (χ0n) is 23.6. The molecule has 2 amide bonds. The SMILES string of the molecule is NC(=O)C(CCC(=O)O)N1Cc2cc(O[C@H]3CCN(Cc4cc(Cl)c5nc(N6CCOCC6)ncc5c4)C3)ccc2C1=O. The van der Waals surface area contributed by atoms with Crippen molar-refractivity contribution in [2.24, 2.45) is 5.73 Å². The monoisotopic (exact) mass is 608 g/mol. The number of aliphatic carboxylic acids is 1. The van der Waals surface area contributed by atoms with Gasteiger partial charge >= 0.3 is 5.97 Å². The summed E-state index contributed by atoms with van der Waals surface area (Å²) in [6.45, 7) is 5.30. The molecule has 43 heavy (non-hydrogen) atoms. The highest BCUT2D eigenvalue weighted by Crippen LogP contribution is 2.31. The van der Waals surface area contributed by atoms with E-state index in [0.717, 1.165) is 54.6 Å². The standard InChI is InChI=1S/C30H33ClN6O6/c31-24-12-18(11-19-14-33-30(34-27(19)24)36-7-9-42-10-8-36)15-35-6-5-22(17-35)43-21-1-2-23-20(13-21)16-37(29(23)41)25(28(32)40)3-4-26(38)39/h1-2,11-14,22,25H,3-10,15-17H2,(H2,32,40)(H,38,39)/t22-,25?/m0/s1. The molecule has 1 aromatic heterocycles. The van der Waals surface area contributed by atoms with Crippen LogP contribution in [0.2, 0.25) is 5.02 Å². The average Bonchev–Trinajstić information content (AvgIpc) is 3.56. The lowest BCUT2D eigenvalue weighted by molar-refractivity contribution is -0.137. The van der Waals surface area contributed by atoms with Crippen LogP contribution in [-0.4, -0.2) is 94.2 Å². The second-order valence-electron chi connectivity index (χ2n) is 11.2. The predicted octanol–water partition coefficient (Wildman–Crippen LogP) is 2.45. The van der Waals surface area contributed by atoms with E-state index < -0.39 is 17.9 Å². The molecule has 0 aliphatic carbocycles. The van der Waals surface area contributed by atoms with Gasteiger partial charge in [0.2, 0.25) is 11.9 Å². The molecular formula is C30H33ClN6O6. The van der Waals surface area contributed by atoms with Gasteiger partial charge < -0.3 is 30.1 Å². The van der Waals surface area contributed by atoms with Gasteiger partial charge in [-0.15, -0.1) is 0 Å². The molecular weight excluding hydrogens is 576 g/mol. The molecule has 3 N–H and O–H groups in total. The zero-order chi connectivity index (χ0) is 30.1. The minimum Gasteiger partial charge on any atom is -0.489 e. The Morgan fingerprint density at radius 1 is 1.19 bits per heavy atom. The number of carboxylic acid groups (broad SMARTS) is 1. The van der Waals surface area contributed by atoms with Gasteiger partial charge in [-0.1, -0.05) is 11.6 Å². The van der Waals surface area contributed by atoms with Gasteiger partial charge in [-0.05, 0) is 54.3 Å². The van der Waals surface area contributed by atoms with Crippen LogP contribution in [-0.2, 0) is 27.4 Å². The Morgan fingerprint density at radius 2 is 2.00 bits per heavy atom. The van der Waals surface area contributed by atoms with Crippen LogP contribution in [0, 0.1) is 0 Å². The largest absolute Gasteiger partial charge is 0.489 e. The minimum absolute atomic E-state index is 0.0312. The van der Waals surface area contributed by atoms with Crippen LogP contribution < -0.4 is 15.4 Å². The summed E-state index contributed by atoms with van der Waals surface area (Å²) < 4.78 is 11.7. The van der Waals surface area contributed by atoms with E-state index in [-0.39, 0.29) is 31.4 Å². The lowest BCUT2D eigenvalue weighted by Crippen LogP contribution is -2.45. The number of carbonyl (C=O) groups is 3. The highest BCUT2D eigenvalue weighted by Gasteiger charge is 2.36. The van der Waals surface area contributed by atoms with Crippen LogP contribution in [0.5, 0.6) is 5.75 Å². The number of aromatic nitrogens is 2. The molecule has 6 rings (SSSR count). The highest BCUT2D eigenvalue weighted by atomic mass is 35.5. The van der Waals surface area contributed by atoms with E-state index in [2.05, 4.69) is 20.9 Å².